The first-order valence-electron chi connectivity index (χ1n) is 6.45. The first-order valence-corrected chi connectivity index (χ1v) is 6.45. The van der Waals surface area contributed by atoms with Gasteiger partial charge in [-0.1, -0.05) is 13.8 Å². The summed E-state index contributed by atoms with van der Waals surface area (Å²) in [5, 5.41) is 3.55. The Morgan fingerprint density at radius 2 is 2.06 bits per heavy atom. The highest BCUT2D eigenvalue weighted by atomic mass is 16.2. The molecule has 1 fully saturated rings. The summed E-state index contributed by atoms with van der Waals surface area (Å²) in [6.45, 7) is 4.34. The second-order valence-corrected chi connectivity index (χ2v) is 5.18. The van der Waals surface area contributed by atoms with E-state index in [1.54, 1.807) is 23.3 Å². The Bertz CT molecular complexity index is 351. The van der Waals surface area contributed by atoms with Crippen LogP contribution >= 0.6 is 0 Å². The maximum Gasteiger partial charge on any atom is 0.234 e. The molecule has 0 unspecified atom stereocenters. The normalized spacial score (nSPS) is 25.1. The van der Waals surface area contributed by atoms with Gasteiger partial charge in [0.15, 0.2) is 0 Å². The van der Waals surface area contributed by atoms with Gasteiger partial charge in [-0.05, 0) is 25.7 Å². The summed E-state index contributed by atoms with van der Waals surface area (Å²) in [5.74, 6) is 0.375. The average molecular weight is 235 g/mol. The largest absolute Gasteiger partial charge is 0.312 e. The predicted molar refractivity (Wildman–Crippen MR) is 66.9 cm³/mol. The van der Waals surface area contributed by atoms with Crippen LogP contribution in [-0.2, 0) is 0 Å². The third kappa shape index (κ3) is 3.16. The Hall–Kier alpha value is -1.16. The summed E-state index contributed by atoms with van der Waals surface area (Å²) < 4.78 is 1.61. The average Bonchev–Trinajstić information content (AvgIpc) is 2.82. The third-order valence-electron chi connectivity index (χ3n) is 3.40. The molecule has 1 saturated carbocycles. The van der Waals surface area contributed by atoms with Crippen molar-refractivity contribution in [3.63, 3.8) is 0 Å². The lowest BCUT2D eigenvalue weighted by molar-refractivity contribution is 0.0790. The molecule has 0 bridgehead atoms. The molecule has 0 aliphatic heterocycles. The van der Waals surface area contributed by atoms with E-state index in [2.05, 4.69) is 24.1 Å². The van der Waals surface area contributed by atoms with E-state index in [0.717, 1.165) is 25.7 Å². The van der Waals surface area contributed by atoms with Crippen LogP contribution in [0.2, 0.25) is 0 Å². The van der Waals surface area contributed by atoms with E-state index in [0.29, 0.717) is 12.1 Å². The Kier molecular flexibility index (Phi) is 3.94. The van der Waals surface area contributed by atoms with Gasteiger partial charge in [0.05, 0.1) is 0 Å². The molecule has 0 radical (unpaired) electrons. The lowest BCUT2D eigenvalue weighted by Crippen LogP contribution is -2.39. The fourth-order valence-corrected chi connectivity index (χ4v) is 2.58. The maximum absolute atomic E-state index is 12.1. The second kappa shape index (κ2) is 5.45. The Morgan fingerprint density at radius 3 is 2.59 bits per heavy atom. The van der Waals surface area contributed by atoms with Crippen molar-refractivity contribution < 1.29 is 4.79 Å². The predicted octanol–water partition coefficient (Wildman–Crippen LogP) is 2.08. The highest BCUT2D eigenvalue weighted by Crippen LogP contribution is 2.25. The molecule has 0 aromatic carbocycles. The van der Waals surface area contributed by atoms with Crippen LogP contribution in [0.3, 0.4) is 0 Å². The van der Waals surface area contributed by atoms with E-state index in [4.69, 9.17) is 0 Å². The molecule has 1 heterocycles. The zero-order valence-electron chi connectivity index (χ0n) is 10.6. The molecule has 1 aromatic rings. The van der Waals surface area contributed by atoms with Crippen molar-refractivity contribution in [2.75, 3.05) is 0 Å². The summed E-state index contributed by atoms with van der Waals surface area (Å²) in [7, 11) is 0. The number of carbonyl (C=O) groups excluding carboxylic acids is 1. The molecule has 94 valence electrons. The van der Waals surface area contributed by atoms with Gasteiger partial charge < -0.3 is 5.32 Å². The third-order valence-corrected chi connectivity index (χ3v) is 3.40. The van der Waals surface area contributed by atoms with E-state index in [-0.39, 0.29) is 11.8 Å². The maximum atomic E-state index is 12.1. The minimum atomic E-state index is 0.175. The molecule has 0 saturated heterocycles. The van der Waals surface area contributed by atoms with Crippen LogP contribution in [0.25, 0.3) is 0 Å². The van der Waals surface area contributed by atoms with Crippen molar-refractivity contribution in [3.05, 3.63) is 18.7 Å². The Balaban J connectivity index is 1.85. The van der Waals surface area contributed by atoms with Crippen molar-refractivity contribution in [1.29, 1.82) is 0 Å². The molecule has 1 aliphatic carbocycles. The molecule has 1 aromatic heterocycles. The molecular formula is C13H21N3O. The van der Waals surface area contributed by atoms with Gasteiger partial charge in [-0.3, -0.25) is 9.36 Å². The smallest absolute Gasteiger partial charge is 0.234 e. The quantitative estimate of drug-likeness (QED) is 0.872. The molecule has 0 atom stereocenters. The number of rotatable bonds is 3. The number of hydrogen-bond donors (Lipinski definition) is 1. The summed E-state index contributed by atoms with van der Waals surface area (Å²) in [4.78, 5) is 16.0. The number of nitrogens with zero attached hydrogens (tertiary/aromatic N) is 2. The minimum absolute atomic E-state index is 0.175. The van der Waals surface area contributed by atoms with Crippen LogP contribution in [0, 0.1) is 5.92 Å². The van der Waals surface area contributed by atoms with Crippen molar-refractivity contribution in [2.24, 2.45) is 5.92 Å². The highest BCUT2D eigenvalue weighted by Gasteiger charge is 2.26. The zero-order valence-corrected chi connectivity index (χ0v) is 10.6. The molecule has 1 N–H and O–H groups in total. The Morgan fingerprint density at radius 1 is 1.35 bits per heavy atom. The number of aromatic nitrogens is 2. The van der Waals surface area contributed by atoms with Gasteiger partial charge in [0, 0.05) is 30.4 Å². The first-order chi connectivity index (χ1) is 8.16. The van der Waals surface area contributed by atoms with Crippen LogP contribution in [-0.4, -0.2) is 27.5 Å². The molecule has 4 nitrogen and oxygen atoms in total. The van der Waals surface area contributed by atoms with E-state index in [1.165, 1.54) is 0 Å². The minimum Gasteiger partial charge on any atom is -0.312 e. The van der Waals surface area contributed by atoms with Crippen molar-refractivity contribution >= 4 is 5.91 Å². The van der Waals surface area contributed by atoms with Crippen LogP contribution in [0.15, 0.2) is 18.7 Å². The topological polar surface area (TPSA) is 46.9 Å². The summed E-state index contributed by atoms with van der Waals surface area (Å²) in [5.41, 5.74) is 0. The molecular weight excluding hydrogens is 214 g/mol. The number of hydrogen-bond acceptors (Lipinski definition) is 3. The van der Waals surface area contributed by atoms with E-state index < -0.39 is 0 Å². The van der Waals surface area contributed by atoms with E-state index >= 15 is 0 Å². The molecule has 4 heteroatoms. The fourth-order valence-electron chi connectivity index (χ4n) is 2.58. The lowest BCUT2D eigenvalue weighted by Gasteiger charge is -2.29. The van der Waals surface area contributed by atoms with Crippen LogP contribution in [0.4, 0.5) is 0 Å². The highest BCUT2D eigenvalue weighted by molar-refractivity contribution is 5.81. The molecule has 0 spiro atoms. The van der Waals surface area contributed by atoms with Crippen LogP contribution in [0.5, 0.6) is 0 Å². The summed E-state index contributed by atoms with van der Waals surface area (Å²) in [6.07, 6.45) is 9.17. The monoisotopic (exact) mass is 235 g/mol. The van der Waals surface area contributed by atoms with Crippen LogP contribution in [0.1, 0.15) is 44.3 Å². The first kappa shape index (κ1) is 12.3. The number of carbonyl (C=O) groups is 1. The van der Waals surface area contributed by atoms with Gasteiger partial charge in [-0.25, -0.2) is 4.98 Å². The van der Waals surface area contributed by atoms with Crippen LogP contribution < -0.4 is 5.32 Å². The summed E-state index contributed by atoms with van der Waals surface area (Å²) in [6, 6.07) is 1.11. The number of imidazole rings is 1. The van der Waals surface area contributed by atoms with Crippen molar-refractivity contribution in [3.8, 4) is 0 Å². The molecule has 0 amide bonds. The van der Waals surface area contributed by atoms with Gasteiger partial charge in [0.25, 0.3) is 0 Å². The van der Waals surface area contributed by atoms with Gasteiger partial charge in [0.1, 0.15) is 6.33 Å². The van der Waals surface area contributed by atoms with Crippen molar-refractivity contribution in [2.45, 2.75) is 51.6 Å². The Labute approximate surface area is 102 Å². The number of nitrogens with one attached hydrogen (secondary N) is 1. The van der Waals surface area contributed by atoms with Gasteiger partial charge in [-0.15, -0.1) is 0 Å². The van der Waals surface area contributed by atoms with E-state index in [1.807, 2.05) is 0 Å². The standard InChI is InChI=1S/C13H21N3O/c1-10(2)15-12-5-3-11(4-6-12)13(17)16-8-7-14-9-16/h7-12,15H,3-6H2,1-2H3. The lowest BCUT2D eigenvalue weighted by atomic mass is 9.85. The van der Waals surface area contributed by atoms with Crippen molar-refractivity contribution in [1.82, 2.24) is 14.9 Å². The molecule has 17 heavy (non-hydrogen) atoms. The zero-order chi connectivity index (χ0) is 12.3. The fraction of sp³-hybridized carbons (Fsp3) is 0.692. The van der Waals surface area contributed by atoms with Gasteiger partial charge >= 0.3 is 0 Å². The van der Waals surface area contributed by atoms with Gasteiger partial charge in [0.2, 0.25) is 5.91 Å². The molecule has 2 rings (SSSR count). The second-order valence-electron chi connectivity index (χ2n) is 5.18. The molecule has 1 aliphatic rings. The van der Waals surface area contributed by atoms with E-state index in [9.17, 15) is 4.79 Å². The summed E-state index contributed by atoms with van der Waals surface area (Å²) >= 11 is 0. The van der Waals surface area contributed by atoms with Gasteiger partial charge in [-0.2, -0.15) is 0 Å². The SMILES string of the molecule is CC(C)NC1CCC(C(=O)n2ccnc2)CC1.